The molecule has 0 aromatic heterocycles. The topological polar surface area (TPSA) is 26.3 Å². The highest BCUT2D eigenvalue weighted by molar-refractivity contribution is 5.87. The third-order valence-electron chi connectivity index (χ3n) is 4.17. The Balaban J connectivity index is 1.90. The van der Waals surface area contributed by atoms with Gasteiger partial charge in [0.2, 0.25) is 0 Å². The first kappa shape index (κ1) is 14.6. The summed E-state index contributed by atoms with van der Waals surface area (Å²) in [4.78, 5) is 12.1. The van der Waals surface area contributed by atoms with E-state index in [4.69, 9.17) is 4.74 Å². The van der Waals surface area contributed by atoms with Crippen LogP contribution in [-0.2, 0) is 28.8 Å². The molecule has 1 aliphatic rings. The van der Waals surface area contributed by atoms with Crippen molar-refractivity contribution >= 4 is 5.97 Å². The van der Waals surface area contributed by atoms with Crippen molar-refractivity contribution in [1.29, 1.82) is 0 Å². The van der Waals surface area contributed by atoms with Crippen molar-refractivity contribution < 1.29 is 9.53 Å². The molecule has 0 unspecified atom stereocenters. The molecule has 0 amide bonds. The predicted molar refractivity (Wildman–Crippen MR) is 87.6 cm³/mol. The van der Waals surface area contributed by atoms with Crippen molar-refractivity contribution in [2.45, 2.75) is 31.8 Å². The summed E-state index contributed by atoms with van der Waals surface area (Å²) in [6, 6.07) is 18.5. The fraction of sp³-hybridized carbons (Fsp3) is 0.250. The second-order valence-corrected chi connectivity index (χ2v) is 6.14. The van der Waals surface area contributed by atoms with E-state index in [1.165, 1.54) is 16.7 Å². The van der Waals surface area contributed by atoms with Gasteiger partial charge in [-0.25, -0.2) is 4.79 Å². The summed E-state index contributed by atoms with van der Waals surface area (Å²) >= 11 is 0. The Labute approximate surface area is 131 Å². The number of esters is 1. The first-order chi connectivity index (χ1) is 10.6. The summed E-state index contributed by atoms with van der Waals surface area (Å²) < 4.78 is 5.91. The Kier molecular flexibility index (Phi) is 3.84. The zero-order valence-corrected chi connectivity index (χ0v) is 12.8. The number of rotatable bonds is 4. The molecular formula is C20H20O2. The fourth-order valence-electron chi connectivity index (χ4n) is 3.14. The second kappa shape index (κ2) is 5.80. The third kappa shape index (κ3) is 2.96. The van der Waals surface area contributed by atoms with Crippen LogP contribution in [0.4, 0.5) is 0 Å². The van der Waals surface area contributed by atoms with Crippen molar-refractivity contribution in [2.75, 3.05) is 0 Å². The molecule has 0 saturated heterocycles. The Morgan fingerprint density at radius 2 is 1.59 bits per heavy atom. The standard InChI is InChI=1S/C20H20O2/c1-15(2)19(21)22-20(12-16-8-4-3-5-9-16)13-17-10-6-7-11-18(17)14-20/h3-11H,1,12-14H2,2H3. The van der Waals surface area contributed by atoms with Crippen LogP contribution in [0.2, 0.25) is 0 Å². The van der Waals surface area contributed by atoms with E-state index < -0.39 is 5.60 Å². The van der Waals surface area contributed by atoms with Crippen LogP contribution in [0.3, 0.4) is 0 Å². The predicted octanol–water partition coefficient (Wildman–Crippen LogP) is 3.89. The summed E-state index contributed by atoms with van der Waals surface area (Å²) in [7, 11) is 0. The lowest BCUT2D eigenvalue weighted by molar-refractivity contribution is -0.153. The SMILES string of the molecule is C=C(C)C(=O)OC1(Cc2ccccc2)Cc2ccccc2C1. The summed E-state index contributed by atoms with van der Waals surface area (Å²) in [5.74, 6) is -0.302. The van der Waals surface area contributed by atoms with Gasteiger partial charge in [0.15, 0.2) is 0 Å². The number of hydrogen-bond donors (Lipinski definition) is 0. The molecule has 0 fully saturated rings. The molecule has 0 heterocycles. The van der Waals surface area contributed by atoms with Gasteiger partial charge in [-0.2, -0.15) is 0 Å². The van der Waals surface area contributed by atoms with Gasteiger partial charge in [0.25, 0.3) is 0 Å². The maximum atomic E-state index is 12.1. The second-order valence-electron chi connectivity index (χ2n) is 6.14. The van der Waals surface area contributed by atoms with Gasteiger partial charge in [0.05, 0.1) is 0 Å². The quantitative estimate of drug-likeness (QED) is 0.631. The Morgan fingerprint density at radius 3 is 2.14 bits per heavy atom. The van der Waals surface area contributed by atoms with E-state index in [1.807, 2.05) is 30.3 Å². The average Bonchev–Trinajstić information content (AvgIpc) is 2.85. The Morgan fingerprint density at radius 1 is 1.05 bits per heavy atom. The molecule has 22 heavy (non-hydrogen) atoms. The largest absolute Gasteiger partial charge is 0.455 e. The first-order valence-corrected chi connectivity index (χ1v) is 7.58. The Hall–Kier alpha value is -2.35. The van der Waals surface area contributed by atoms with E-state index in [0.29, 0.717) is 5.57 Å². The first-order valence-electron chi connectivity index (χ1n) is 7.58. The highest BCUT2D eigenvalue weighted by atomic mass is 16.6. The lowest BCUT2D eigenvalue weighted by Crippen LogP contribution is -2.38. The van der Waals surface area contributed by atoms with E-state index in [-0.39, 0.29) is 5.97 Å². The zero-order valence-electron chi connectivity index (χ0n) is 12.8. The van der Waals surface area contributed by atoms with E-state index in [2.05, 4.69) is 30.8 Å². The molecule has 0 aliphatic heterocycles. The highest BCUT2D eigenvalue weighted by Gasteiger charge is 2.40. The minimum atomic E-state index is -0.499. The van der Waals surface area contributed by atoms with Crippen molar-refractivity contribution in [3.8, 4) is 0 Å². The summed E-state index contributed by atoms with van der Waals surface area (Å²) in [6.45, 7) is 5.40. The zero-order chi connectivity index (χ0) is 15.6. The monoisotopic (exact) mass is 292 g/mol. The van der Waals surface area contributed by atoms with Crippen molar-refractivity contribution in [2.24, 2.45) is 0 Å². The molecule has 0 bridgehead atoms. The maximum Gasteiger partial charge on any atom is 0.333 e. The lowest BCUT2D eigenvalue weighted by Gasteiger charge is -2.29. The third-order valence-corrected chi connectivity index (χ3v) is 4.17. The smallest absolute Gasteiger partial charge is 0.333 e. The van der Waals surface area contributed by atoms with Crippen LogP contribution >= 0.6 is 0 Å². The summed E-state index contributed by atoms with van der Waals surface area (Å²) in [5, 5.41) is 0. The van der Waals surface area contributed by atoms with Gasteiger partial charge < -0.3 is 4.74 Å². The van der Waals surface area contributed by atoms with Crippen LogP contribution in [0.1, 0.15) is 23.6 Å². The average molecular weight is 292 g/mol. The van der Waals surface area contributed by atoms with Gasteiger partial charge in [-0.05, 0) is 23.6 Å². The van der Waals surface area contributed by atoms with Crippen molar-refractivity contribution in [3.63, 3.8) is 0 Å². The van der Waals surface area contributed by atoms with Crippen LogP contribution in [-0.4, -0.2) is 11.6 Å². The molecule has 2 aromatic rings. The van der Waals surface area contributed by atoms with Crippen LogP contribution in [0.25, 0.3) is 0 Å². The van der Waals surface area contributed by atoms with Gasteiger partial charge in [-0.3, -0.25) is 0 Å². The number of carbonyl (C=O) groups is 1. The normalized spacial score (nSPS) is 15.1. The van der Waals surface area contributed by atoms with Gasteiger partial charge in [0, 0.05) is 24.8 Å². The number of carbonyl (C=O) groups excluding carboxylic acids is 1. The molecule has 2 nitrogen and oxygen atoms in total. The van der Waals surface area contributed by atoms with E-state index >= 15 is 0 Å². The van der Waals surface area contributed by atoms with Crippen molar-refractivity contribution in [1.82, 2.24) is 0 Å². The van der Waals surface area contributed by atoms with E-state index in [0.717, 1.165) is 19.3 Å². The van der Waals surface area contributed by atoms with E-state index in [1.54, 1.807) is 6.92 Å². The van der Waals surface area contributed by atoms with Gasteiger partial charge >= 0.3 is 5.97 Å². The number of benzene rings is 2. The molecule has 0 saturated carbocycles. The number of fused-ring (bicyclic) bond motifs is 1. The minimum absolute atomic E-state index is 0.302. The Bertz CT molecular complexity index is 676. The molecule has 2 heteroatoms. The maximum absolute atomic E-state index is 12.1. The number of hydrogen-bond acceptors (Lipinski definition) is 2. The van der Waals surface area contributed by atoms with Crippen molar-refractivity contribution in [3.05, 3.63) is 83.4 Å². The van der Waals surface area contributed by atoms with Gasteiger partial charge in [-0.15, -0.1) is 0 Å². The van der Waals surface area contributed by atoms with E-state index in [9.17, 15) is 4.79 Å². The molecule has 0 atom stereocenters. The molecule has 112 valence electrons. The lowest BCUT2D eigenvalue weighted by atomic mass is 9.91. The summed E-state index contributed by atoms with van der Waals surface area (Å²) in [6.07, 6.45) is 2.25. The van der Waals surface area contributed by atoms with Crippen LogP contribution < -0.4 is 0 Å². The minimum Gasteiger partial charge on any atom is -0.455 e. The van der Waals surface area contributed by atoms with Gasteiger partial charge in [0.1, 0.15) is 5.60 Å². The fourth-order valence-corrected chi connectivity index (χ4v) is 3.14. The van der Waals surface area contributed by atoms with Crippen LogP contribution in [0, 0.1) is 0 Å². The molecule has 0 N–H and O–H groups in total. The molecule has 0 spiro atoms. The molecule has 2 aromatic carbocycles. The molecular weight excluding hydrogens is 272 g/mol. The van der Waals surface area contributed by atoms with Crippen LogP contribution in [0.5, 0.6) is 0 Å². The van der Waals surface area contributed by atoms with Gasteiger partial charge in [-0.1, -0.05) is 61.2 Å². The number of ether oxygens (including phenoxy) is 1. The van der Waals surface area contributed by atoms with Crippen LogP contribution in [0.15, 0.2) is 66.7 Å². The highest BCUT2D eigenvalue weighted by Crippen LogP contribution is 2.36. The summed E-state index contributed by atoms with van der Waals surface area (Å²) in [5.41, 5.74) is 3.68. The molecule has 0 radical (unpaired) electrons. The molecule has 1 aliphatic carbocycles. The molecule has 3 rings (SSSR count).